The number of carbonyl (C=O) groups is 3. The lowest BCUT2D eigenvalue weighted by atomic mass is 10.2. The molecule has 2 aromatic rings. The number of likely N-dealkylation sites (N-methyl/N-ethyl adjacent to an activating group) is 1. The smallest absolute Gasteiger partial charge is 0.262 e. The first-order valence-corrected chi connectivity index (χ1v) is 10.0. The molecule has 1 aliphatic heterocycles. The molecule has 0 unspecified atom stereocenters. The van der Waals surface area contributed by atoms with E-state index in [9.17, 15) is 22.8 Å². The van der Waals surface area contributed by atoms with E-state index in [4.69, 9.17) is 4.74 Å². The first-order valence-electron chi connectivity index (χ1n) is 8.61. The molecule has 10 heteroatoms. The van der Waals surface area contributed by atoms with Crippen molar-refractivity contribution in [3.8, 4) is 5.75 Å². The fraction of sp³-hybridized carbons (Fsp3) is 0.211. The third-order valence-electron chi connectivity index (χ3n) is 4.23. The van der Waals surface area contributed by atoms with Crippen molar-refractivity contribution in [3.05, 3.63) is 48.0 Å². The number of anilines is 2. The quantitative estimate of drug-likeness (QED) is 0.687. The van der Waals surface area contributed by atoms with Gasteiger partial charge in [0.1, 0.15) is 5.75 Å². The van der Waals surface area contributed by atoms with Gasteiger partial charge in [-0.3, -0.25) is 14.4 Å². The molecule has 0 saturated carbocycles. The zero-order valence-corrected chi connectivity index (χ0v) is 16.6. The van der Waals surface area contributed by atoms with Crippen molar-refractivity contribution in [2.45, 2.75) is 11.8 Å². The molecule has 1 aliphatic rings. The molecule has 152 valence electrons. The van der Waals surface area contributed by atoms with Gasteiger partial charge >= 0.3 is 0 Å². The van der Waals surface area contributed by atoms with Crippen molar-refractivity contribution in [1.82, 2.24) is 4.31 Å². The molecule has 9 nitrogen and oxygen atoms in total. The molecule has 0 aliphatic carbocycles. The van der Waals surface area contributed by atoms with Crippen LogP contribution < -0.4 is 15.4 Å². The van der Waals surface area contributed by atoms with Gasteiger partial charge in [0.2, 0.25) is 15.9 Å². The van der Waals surface area contributed by atoms with Gasteiger partial charge in [-0.2, -0.15) is 4.31 Å². The molecule has 2 N–H and O–H groups in total. The number of benzene rings is 2. The van der Waals surface area contributed by atoms with Crippen molar-refractivity contribution in [2.24, 2.45) is 0 Å². The fourth-order valence-corrected chi connectivity index (χ4v) is 3.82. The van der Waals surface area contributed by atoms with Crippen molar-refractivity contribution in [1.29, 1.82) is 0 Å². The summed E-state index contributed by atoms with van der Waals surface area (Å²) in [5.41, 5.74) is 1.20. The molecule has 2 amide bonds. The Morgan fingerprint density at radius 3 is 2.52 bits per heavy atom. The Kier molecular flexibility index (Phi) is 5.66. The Labute approximate surface area is 167 Å². The van der Waals surface area contributed by atoms with E-state index in [-0.39, 0.29) is 23.2 Å². The van der Waals surface area contributed by atoms with E-state index < -0.39 is 22.5 Å². The van der Waals surface area contributed by atoms with Gasteiger partial charge in [0, 0.05) is 18.3 Å². The van der Waals surface area contributed by atoms with Crippen LogP contribution in [0.1, 0.15) is 17.3 Å². The highest BCUT2D eigenvalue weighted by Crippen LogP contribution is 2.30. The van der Waals surface area contributed by atoms with Gasteiger partial charge in [-0.05, 0) is 37.3 Å². The standard InChI is InChI=1S/C19H19N3O6S/c1-12(23)13-3-6-15(7-4-13)29(26,27)22(2)10-18(24)20-14-5-8-17-16(9-14)21-19(25)11-28-17/h3-9H,10-11H2,1-2H3,(H,20,24)(H,21,25). The summed E-state index contributed by atoms with van der Waals surface area (Å²) < 4.78 is 31.4. The summed E-state index contributed by atoms with van der Waals surface area (Å²) in [6.07, 6.45) is 0. The van der Waals surface area contributed by atoms with E-state index in [0.29, 0.717) is 22.7 Å². The summed E-state index contributed by atoms with van der Waals surface area (Å²) in [6.45, 7) is 0.893. The molecule has 0 spiro atoms. The van der Waals surface area contributed by atoms with Gasteiger partial charge in [0.15, 0.2) is 12.4 Å². The lowest BCUT2D eigenvalue weighted by Crippen LogP contribution is -2.35. The van der Waals surface area contributed by atoms with Crippen molar-refractivity contribution >= 4 is 39.0 Å². The highest BCUT2D eigenvalue weighted by Gasteiger charge is 2.23. The predicted octanol–water partition coefficient (Wildman–Crippen LogP) is 1.48. The zero-order chi connectivity index (χ0) is 21.2. The second kappa shape index (κ2) is 8.02. The summed E-state index contributed by atoms with van der Waals surface area (Å²) in [5.74, 6) is -0.549. The molecule has 0 radical (unpaired) electrons. The summed E-state index contributed by atoms with van der Waals surface area (Å²) in [5, 5.41) is 5.22. The van der Waals surface area contributed by atoms with Crippen LogP contribution >= 0.6 is 0 Å². The number of ether oxygens (including phenoxy) is 1. The lowest BCUT2D eigenvalue weighted by Gasteiger charge is -2.19. The number of nitrogens with zero attached hydrogens (tertiary/aromatic N) is 1. The van der Waals surface area contributed by atoms with Gasteiger partial charge < -0.3 is 15.4 Å². The molecule has 0 saturated heterocycles. The number of Topliss-reactive ketones (excluding diaryl/α,β-unsaturated/α-hetero) is 1. The number of hydrogen-bond donors (Lipinski definition) is 2. The van der Waals surface area contributed by atoms with Crippen LogP contribution in [0.4, 0.5) is 11.4 Å². The molecule has 0 aromatic heterocycles. The minimum absolute atomic E-state index is 0.0218. The van der Waals surface area contributed by atoms with Crippen LogP contribution in [0, 0.1) is 0 Å². The van der Waals surface area contributed by atoms with Crippen LogP contribution in [-0.2, 0) is 19.6 Å². The van der Waals surface area contributed by atoms with Crippen molar-refractivity contribution in [3.63, 3.8) is 0 Å². The summed E-state index contributed by atoms with van der Waals surface area (Å²) in [4.78, 5) is 35.0. The molecule has 0 fully saturated rings. The highest BCUT2D eigenvalue weighted by molar-refractivity contribution is 7.89. The number of nitrogens with one attached hydrogen (secondary N) is 2. The number of hydrogen-bond acceptors (Lipinski definition) is 6. The maximum atomic E-state index is 12.6. The largest absolute Gasteiger partial charge is 0.482 e. The third-order valence-corrected chi connectivity index (χ3v) is 6.05. The average molecular weight is 417 g/mol. The third kappa shape index (κ3) is 4.61. The van der Waals surface area contributed by atoms with Gasteiger partial charge in [0.25, 0.3) is 5.91 Å². The van der Waals surface area contributed by atoms with E-state index in [0.717, 1.165) is 4.31 Å². The van der Waals surface area contributed by atoms with Crippen LogP contribution in [0.15, 0.2) is 47.4 Å². The predicted molar refractivity (Wildman–Crippen MR) is 105 cm³/mol. The summed E-state index contributed by atoms with van der Waals surface area (Å²) in [7, 11) is -2.62. The van der Waals surface area contributed by atoms with E-state index >= 15 is 0 Å². The molecule has 0 bridgehead atoms. The van der Waals surface area contributed by atoms with Crippen LogP contribution in [0.25, 0.3) is 0 Å². The van der Waals surface area contributed by atoms with E-state index in [2.05, 4.69) is 10.6 Å². The maximum Gasteiger partial charge on any atom is 0.262 e. The highest BCUT2D eigenvalue weighted by atomic mass is 32.2. The van der Waals surface area contributed by atoms with Gasteiger partial charge in [0.05, 0.1) is 17.1 Å². The molecule has 1 heterocycles. The van der Waals surface area contributed by atoms with Gasteiger partial charge in [-0.15, -0.1) is 0 Å². The topological polar surface area (TPSA) is 122 Å². The number of fused-ring (bicyclic) bond motifs is 1. The van der Waals surface area contributed by atoms with E-state index in [1.165, 1.54) is 44.3 Å². The fourth-order valence-electron chi connectivity index (χ4n) is 2.69. The monoisotopic (exact) mass is 417 g/mol. The number of sulfonamides is 1. The Balaban J connectivity index is 1.67. The summed E-state index contributed by atoms with van der Waals surface area (Å²) >= 11 is 0. The van der Waals surface area contributed by atoms with Crippen LogP contribution in [-0.4, -0.2) is 50.5 Å². The number of carbonyl (C=O) groups excluding carboxylic acids is 3. The maximum absolute atomic E-state index is 12.6. The lowest BCUT2D eigenvalue weighted by molar-refractivity contribution is -0.118. The van der Waals surface area contributed by atoms with Crippen molar-refractivity contribution < 1.29 is 27.5 Å². The Hall–Kier alpha value is -3.24. The first kappa shape index (κ1) is 20.5. The minimum atomic E-state index is -3.91. The molecule has 3 rings (SSSR count). The zero-order valence-electron chi connectivity index (χ0n) is 15.8. The second-order valence-corrected chi connectivity index (χ2v) is 8.48. The minimum Gasteiger partial charge on any atom is -0.482 e. The first-order chi connectivity index (χ1) is 13.7. The Morgan fingerprint density at radius 1 is 1.17 bits per heavy atom. The molecule has 29 heavy (non-hydrogen) atoms. The Morgan fingerprint density at radius 2 is 1.86 bits per heavy atom. The molecular formula is C19H19N3O6S. The van der Waals surface area contributed by atoms with Crippen LogP contribution in [0.5, 0.6) is 5.75 Å². The normalized spacial score (nSPS) is 13.3. The number of rotatable bonds is 6. The molecule has 0 atom stereocenters. The molecule has 2 aromatic carbocycles. The number of ketones is 1. The van der Waals surface area contributed by atoms with Gasteiger partial charge in [-0.1, -0.05) is 12.1 Å². The Bertz CT molecular complexity index is 1080. The number of amides is 2. The van der Waals surface area contributed by atoms with Crippen molar-refractivity contribution in [2.75, 3.05) is 30.8 Å². The van der Waals surface area contributed by atoms with Crippen LogP contribution in [0.3, 0.4) is 0 Å². The van der Waals surface area contributed by atoms with Gasteiger partial charge in [-0.25, -0.2) is 8.42 Å². The average Bonchev–Trinajstić information content (AvgIpc) is 2.67. The summed E-state index contributed by atoms with van der Waals surface area (Å²) in [6, 6.07) is 10.2. The van der Waals surface area contributed by atoms with Crippen LogP contribution in [0.2, 0.25) is 0 Å². The van der Waals surface area contributed by atoms with E-state index in [1.807, 2.05) is 0 Å². The van der Waals surface area contributed by atoms with E-state index in [1.54, 1.807) is 12.1 Å². The molecular weight excluding hydrogens is 398 g/mol. The SMILES string of the molecule is CC(=O)c1ccc(S(=O)(=O)N(C)CC(=O)Nc2ccc3c(c2)NC(=O)CO3)cc1. The second-order valence-electron chi connectivity index (χ2n) is 6.44.